The Labute approximate surface area is 77.1 Å². The summed E-state index contributed by atoms with van der Waals surface area (Å²) in [6.45, 7) is 0. The van der Waals surface area contributed by atoms with Gasteiger partial charge in [0.1, 0.15) is 5.75 Å². The topological polar surface area (TPSA) is 9.23 Å². The molecule has 1 aromatic rings. The Balaban J connectivity index is 2.59. The van der Waals surface area contributed by atoms with Crippen LogP contribution < -0.4 is 4.52 Å². The maximum Gasteiger partial charge on any atom is 0.227 e. The van der Waals surface area contributed by atoms with Crippen molar-refractivity contribution in [2.45, 2.75) is 0 Å². The minimum absolute atomic E-state index is 0.652. The Bertz CT molecular complexity index is 190. The molecule has 0 aliphatic rings. The van der Waals surface area contributed by atoms with Gasteiger partial charge in [0.15, 0.2) is 0 Å². The number of rotatable bonds is 2. The second-order valence-corrected chi connectivity index (χ2v) is 8.91. The first-order valence-corrected chi connectivity index (χ1v) is 7.93. The van der Waals surface area contributed by atoms with Gasteiger partial charge in [0.05, 0.1) is 0 Å². The molecular formula is C6H5Br2OP. The highest BCUT2D eigenvalue weighted by Crippen LogP contribution is 2.52. The van der Waals surface area contributed by atoms with E-state index in [9.17, 15) is 0 Å². The molecule has 10 heavy (non-hydrogen) atoms. The lowest BCUT2D eigenvalue weighted by Crippen LogP contribution is -1.74. The van der Waals surface area contributed by atoms with E-state index in [4.69, 9.17) is 4.52 Å². The van der Waals surface area contributed by atoms with Crippen LogP contribution in [0.15, 0.2) is 30.3 Å². The van der Waals surface area contributed by atoms with Crippen molar-refractivity contribution in [3.05, 3.63) is 30.3 Å². The Morgan fingerprint density at radius 3 is 2.20 bits per heavy atom. The summed E-state index contributed by atoms with van der Waals surface area (Å²) in [7, 11) is 0. The molecule has 1 rings (SSSR count). The highest BCUT2D eigenvalue weighted by molar-refractivity contribution is 9.68. The second-order valence-electron chi connectivity index (χ2n) is 1.61. The fraction of sp³-hybridized carbons (Fsp3) is 0. The summed E-state index contributed by atoms with van der Waals surface area (Å²) in [6, 6.07) is 9.66. The van der Waals surface area contributed by atoms with Crippen LogP contribution in [0.1, 0.15) is 0 Å². The van der Waals surface area contributed by atoms with Crippen molar-refractivity contribution in [1.29, 1.82) is 0 Å². The highest BCUT2D eigenvalue weighted by atomic mass is 79.9. The maximum absolute atomic E-state index is 5.31. The van der Waals surface area contributed by atoms with E-state index in [-0.39, 0.29) is 0 Å². The van der Waals surface area contributed by atoms with Crippen LogP contribution in [0, 0.1) is 0 Å². The van der Waals surface area contributed by atoms with Crippen molar-refractivity contribution < 1.29 is 4.52 Å². The van der Waals surface area contributed by atoms with E-state index in [1.54, 1.807) is 0 Å². The van der Waals surface area contributed by atoms with Gasteiger partial charge in [-0.05, 0) is 43.1 Å². The zero-order valence-corrected chi connectivity index (χ0v) is 9.06. The Hall–Kier alpha value is 0.410. The molecule has 1 aromatic carbocycles. The molecule has 54 valence electrons. The summed E-state index contributed by atoms with van der Waals surface area (Å²) in [5.41, 5.74) is -0.652. The van der Waals surface area contributed by atoms with E-state index >= 15 is 0 Å². The fourth-order valence-electron chi connectivity index (χ4n) is 0.561. The average Bonchev–Trinajstić information content (AvgIpc) is 1.88. The third-order valence-electron chi connectivity index (χ3n) is 0.918. The monoisotopic (exact) mass is 282 g/mol. The van der Waals surface area contributed by atoms with Crippen molar-refractivity contribution >= 4 is 36.5 Å². The van der Waals surface area contributed by atoms with Crippen molar-refractivity contribution in [1.82, 2.24) is 0 Å². The van der Waals surface area contributed by atoms with E-state index in [0.29, 0.717) is 0 Å². The van der Waals surface area contributed by atoms with Crippen LogP contribution in [-0.4, -0.2) is 0 Å². The van der Waals surface area contributed by atoms with Gasteiger partial charge in [0.25, 0.3) is 0 Å². The molecule has 0 saturated heterocycles. The Morgan fingerprint density at radius 2 is 1.70 bits per heavy atom. The van der Waals surface area contributed by atoms with E-state index < -0.39 is 5.55 Å². The second kappa shape index (κ2) is 4.32. The van der Waals surface area contributed by atoms with Crippen molar-refractivity contribution in [3.63, 3.8) is 0 Å². The molecule has 4 heteroatoms. The lowest BCUT2D eigenvalue weighted by atomic mass is 10.3. The molecular weight excluding hydrogens is 279 g/mol. The van der Waals surface area contributed by atoms with Gasteiger partial charge in [-0.2, -0.15) is 0 Å². The van der Waals surface area contributed by atoms with Crippen LogP contribution in [0.25, 0.3) is 0 Å². The molecule has 0 atom stereocenters. The minimum atomic E-state index is -0.652. The lowest BCUT2D eigenvalue weighted by Gasteiger charge is -2.03. The first kappa shape index (κ1) is 8.51. The van der Waals surface area contributed by atoms with Gasteiger partial charge in [0.2, 0.25) is 5.55 Å². The zero-order valence-electron chi connectivity index (χ0n) is 5.00. The van der Waals surface area contributed by atoms with Crippen LogP contribution in [0.2, 0.25) is 0 Å². The minimum Gasteiger partial charge on any atom is -0.452 e. The summed E-state index contributed by atoms with van der Waals surface area (Å²) >= 11 is 6.54. The normalized spacial score (nSPS) is 9.90. The molecule has 0 N–H and O–H groups in total. The van der Waals surface area contributed by atoms with E-state index in [1.165, 1.54) is 0 Å². The van der Waals surface area contributed by atoms with Gasteiger partial charge < -0.3 is 4.52 Å². The molecule has 0 amide bonds. The van der Waals surface area contributed by atoms with E-state index in [0.717, 1.165) is 5.75 Å². The number of hydrogen-bond donors (Lipinski definition) is 0. The molecule has 0 unspecified atom stereocenters. The van der Waals surface area contributed by atoms with Crippen LogP contribution in [0.3, 0.4) is 0 Å². The Kier molecular flexibility index (Phi) is 3.68. The molecule has 0 bridgehead atoms. The maximum atomic E-state index is 5.31. The van der Waals surface area contributed by atoms with Crippen LogP contribution in [0.4, 0.5) is 0 Å². The quantitative estimate of drug-likeness (QED) is 0.743. The number of para-hydroxylation sites is 1. The predicted molar refractivity (Wildman–Crippen MR) is 51.8 cm³/mol. The lowest BCUT2D eigenvalue weighted by molar-refractivity contribution is 0.641. The molecule has 0 aliphatic carbocycles. The van der Waals surface area contributed by atoms with Crippen LogP contribution >= 0.6 is 36.5 Å². The molecule has 0 spiro atoms. The smallest absolute Gasteiger partial charge is 0.227 e. The largest absolute Gasteiger partial charge is 0.452 e. The summed E-state index contributed by atoms with van der Waals surface area (Å²) in [6.07, 6.45) is 0. The summed E-state index contributed by atoms with van der Waals surface area (Å²) in [5.74, 6) is 0.877. The average molecular weight is 284 g/mol. The zero-order chi connectivity index (χ0) is 7.40. The van der Waals surface area contributed by atoms with Crippen molar-refractivity contribution in [3.8, 4) is 5.75 Å². The van der Waals surface area contributed by atoms with E-state index in [1.807, 2.05) is 30.3 Å². The van der Waals surface area contributed by atoms with Gasteiger partial charge in [-0.15, -0.1) is 0 Å². The van der Waals surface area contributed by atoms with Crippen molar-refractivity contribution in [2.24, 2.45) is 0 Å². The first-order valence-electron chi connectivity index (χ1n) is 2.64. The summed E-state index contributed by atoms with van der Waals surface area (Å²) in [5, 5.41) is 0. The van der Waals surface area contributed by atoms with Gasteiger partial charge in [-0.1, -0.05) is 18.2 Å². The summed E-state index contributed by atoms with van der Waals surface area (Å²) in [4.78, 5) is 0. The molecule has 0 aromatic heterocycles. The first-order chi connectivity index (χ1) is 4.79. The molecule has 0 fully saturated rings. The fourth-order valence-corrected chi connectivity index (χ4v) is 1.85. The molecule has 0 saturated carbocycles. The van der Waals surface area contributed by atoms with Gasteiger partial charge in [-0.3, -0.25) is 0 Å². The predicted octanol–water partition coefficient (Wildman–Crippen LogP) is 4.08. The number of hydrogen-bond acceptors (Lipinski definition) is 1. The van der Waals surface area contributed by atoms with E-state index in [2.05, 4.69) is 31.0 Å². The molecule has 0 heterocycles. The van der Waals surface area contributed by atoms with Crippen molar-refractivity contribution in [2.75, 3.05) is 0 Å². The molecule has 0 radical (unpaired) electrons. The van der Waals surface area contributed by atoms with Crippen LogP contribution in [0.5, 0.6) is 5.75 Å². The van der Waals surface area contributed by atoms with Gasteiger partial charge in [0, 0.05) is 0 Å². The van der Waals surface area contributed by atoms with Crippen LogP contribution in [-0.2, 0) is 0 Å². The highest BCUT2D eigenvalue weighted by Gasteiger charge is 1.97. The van der Waals surface area contributed by atoms with Gasteiger partial charge >= 0.3 is 0 Å². The molecule has 1 nitrogen and oxygen atoms in total. The number of halogens is 2. The third kappa shape index (κ3) is 3.00. The SMILES string of the molecule is BrP(Br)Oc1ccccc1. The standard InChI is InChI=1S/C6H5Br2OP/c7-10(8)9-6-4-2-1-3-5-6/h1-5H. The van der Waals surface area contributed by atoms with Gasteiger partial charge in [-0.25, -0.2) is 0 Å². The Morgan fingerprint density at radius 1 is 1.10 bits per heavy atom. The third-order valence-corrected chi connectivity index (χ3v) is 2.14. The summed E-state index contributed by atoms with van der Waals surface area (Å²) < 4.78 is 5.31. The number of benzene rings is 1. The molecule has 0 aliphatic heterocycles.